The highest BCUT2D eigenvalue weighted by Gasteiger charge is 2.16. The maximum atomic E-state index is 12.8. The van der Waals surface area contributed by atoms with Crippen molar-refractivity contribution in [3.8, 4) is 5.75 Å². The number of hydrogen-bond acceptors (Lipinski definition) is 4. The second kappa shape index (κ2) is 13.7. The molecule has 1 atom stereocenters. The Morgan fingerprint density at radius 2 is 1.86 bits per heavy atom. The Hall–Kier alpha value is -3.54. The molecule has 0 fully saturated rings. The van der Waals surface area contributed by atoms with E-state index in [4.69, 9.17) is 9.47 Å². The number of nitrogens with one attached hydrogen (secondary N) is 1. The maximum Gasteiger partial charge on any atom is 0.305 e. The Morgan fingerprint density at radius 3 is 2.59 bits per heavy atom. The summed E-state index contributed by atoms with van der Waals surface area (Å²) in [4.78, 5) is 24.3. The molecule has 3 rings (SSSR count). The number of ether oxygens (including phenoxy) is 2. The molecule has 0 bridgehead atoms. The fourth-order valence-electron chi connectivity index (χ4n) is 4.56. The molecule has 0 radical (unpaired) electrons. The van der Waals surface area contributed by atoms with Crippen LogP contribution in [0.3, 0.4) is 0 Å². The summed E-state index contributed by atoms with van der Waals surface area (Å²) < 4.78 is 13.1. The average Bonchev–Trinajstić information content (AvgIpc) is 3.29. The fraction of sp³-hybridized carbons (Fsp3) is 0.419. The van der Waals surface area contributed by atoms with Crippen molar-refractivity contribution in [2.45, 2.75) is 66.3 Å². The Labute approximate surface area is 220 Å². The van der Waals surface area contributed by atoms with Crippen LogP contribution >= 0.6 is 0 Å². The largest absolute Gasteiger partial charge is 0.491 e. The first-order valence-electron chi connectivity index (χ1n) is 13.3. The first kappa shape index (κ1) is 28.0. The summed E-state index contributed by atoms with van der Waals surface area (Å²) in [6.45, 7) is 11.3. The minimum Gasteiger partial charge on any atom is -0.491 e. The van der Waals surface area contributed by atoms with Gasteiger partial charge in [-0.05, 0) is 74.1 Å². The number of fused-ring (bicyclic) bond motifs is 1. The van der Waals surface area contributed by atoms with Gasteiger partial charge in [0.1, 0.15) is 5.75 Å². The lowest BCUT2D eigenvalue weighted by Gasteiger charge is -2.23. The van der Waals surface area contributed by atoms with Crippen LogP contribution in [0.15, 0.2) is 60.8 Å². The molecule has 1 N–H and O–H groups in total. The number of amides is 1. The zero-order chi connectivity index (χ0) is 26.8. The molecule has 3 aromatic rings. The maximum absolute atomic E-state index is 12.8. The summed E-state index contributed by atoms with van der Waals surface area (Å²) in [6, 6.07) is 16.3. The number of carbonyl (C=O) groups is 2. The van der Waals surface area contributed by atoms with Crippen molar-refractivity contribution < 1.29 is 19.1 Å². The van der Waals surface area contributed by atoms with Crippen LogP contribution in [0.4, 0.5) is 5.69 Å². The van der Waals surface area contributed by atoms with Gasteiger partial charge in [0.25, 0.3) is 0 Å². The van der Waals surface area contributed by atoms with Crippen molar-refractivity contribution in [2.24, 2.45) is 5.92 Å². The van der Waals surface area contributed by atoms with Crippen LogP contribution in [0.5, 0.6) is 5.75 Å². The summed E-state index contributed by atoms with van der Waals surface area (Å²) in [5.41, 5.74) is 3.72. The molecule has 6 heteroatoms. The molecule has 1 heterocycles. The molecule has 1 aromatic heterocycles. The number of hydrogen-bond donors (Lipinski definition) is 1. The van der Waals surface area contributed by atoms with Gasteiger partial charge in [-0.2, -0.15) is 0 Å². The van der Waals surface area contributed by atoms with Gasteiger partial charge >= 0.3 is 5.97 Å². The number of nitrogens with zero attached hydrogens (tertiary/aromatic N) is 1. The van der Waals surface area contributed by atoms with Crippen molar-refractivity contribution in [3.05, 3.63) is 66.4 Å². The molecular formula is C31H40N2O4. The monoisotopic (exact) mass is 504 g/mol. The molecule has 0 aliphatic heterocycles. The van der Waals surface area contributed by atoms with Gasteiger partial charge in [-0.3, -0.25) is 9.59 Å². The van der Waals surface area contributed by atoms with Gasteiger partial charge in [0.05, 0.1) is 18.9 Å². The van der Waals surface area contributed by atoms with Crippen LogP contribution in [0.25, 0.3) is 16.5 Å². The van der Waals surface area contributed by atoms with Crippen LogP contribution in [0.2, 0.25) is 0 Å². The summed E-state index contributed by atoms with van der Waals surface area (Å²) in [5, 5.41) is 4.10. The van der Waals surface area contributed by atoms with Gasteiger partial charge < -0.3 is 19.4 Å². The fourth-order valence-corrected chi connectivity index (χ4v) is 4.56. The zero-order valence-electron chi connectivity index (χ0n) is 22.8. The number of para-hydroxylation sites is 2. The standard InChI is InChI=1S/C31H40N2O4/c1-6-11-27(22(3)4)33-18-17-25-21-24(15-16-28(25)33)23(5)20-30(34)32-26-12-8-9-13-29(26)37-19-10-14-31(35)36-7-2/h8-9,12-13,15-18,20-22,27H,6-7,10-11,14,19H2,1-5H3,(H,32,34)/b23-20+. The number of allylic oxidation sites excluding steroid dienone is 1. The normalized spacial score (nSPS) is 12.5. The lowest BCUT2D eigenvalue weighted by atomic mass is 9.99. The van der Waals surface area contributed by atoms with E-state index < -0.39 is 0 Å². The van der Waals surface area contributed by atoms with Crippen molar-refractivity contribution in [1.29, 1.82) is 0 Å². The average molecular weight is 505 g/mol. The SMILES string of the molecule is CCCC(C(C)C)n1ccc2cc(/C(C)=C/C(=O)Nc3ccccc3OCCCC(=O)OCC)ccc21. The third-order valence-corrected chi connectivity index (χ3v) is 6.47. The third kappa shape index (κ3) is 7.72. The first-order valence-corrected chi connectivity index (χ1v) is 13.3. The summed E-state index contributed by atoms with van der Waals surface area (Å²) >= 11 is 0. The molecule has 37 heavy (non-hydrogen) atoms. The molecule has 2 aromatic carbocycles. The predicted molar refractivity (Wildman–Crippen MR) is 151 cm³/mol. The predicted octanol–water partition coefficient (Wildman–Crippen LogP) is 7.40. The topological polar surface area (TPSA) is 69.6 Å². The molecule has 198 valence electrons. The van der Waals surface area contributed by atoms with E-state index in [0.29, 0.717) is 49.5 Å². The molecular weight excluding hydrogens is 464 g/mol. The summed E-state index contributed by atoms with van der Waals surface area (Å²) in [5.74, 6) is 0.676. The molecule has 0 aliphatic carbocycles. The van der Waals surface area contributed by atoms with Crippen LogP contribution in [0, 0.1) is 5.92 Å². The van der Waals surface area contributed by atoms with Crippen LogP contribution in [0.1, 0.15) is 71.9 Å². The van der Waals surface area contributed by atoms with Crippen molar-refractivity contribution in [1.82, 2.24) is 4.57 Å². The van der Waals surface area contributed by atoms with E-state index in [1.165, 1.54) is 10.9 Å². The van der Waals surface area contributed by atoms with Gasteiger partial charge in [0.15, 0.2) is 0 Å². The van der Waals surface area contributed by atoms with E-state index in [2.05, 4.69) is 61.1 Å². The van der Waals surface area contributed by atoms with E-state index in [0.717, 1.165) is 24.0 Å². The number of carbonyl (C=O) groups excluding carboxylic acids is 2. The van der Waals surface area contributed by atoms with Gasteiger partial charge in [-0.25, -0.2) is 0 Å². The summed E-state index contributed by atoms with van der Waals surface area (Å²) in [6.07, 6.45) is 6.95. The highest BCUT2D eigenvalue weighted by molar-refractivity contribution is 6.04. The molecule has 0 saturated carbocycles. The van der Waals surface area contributed by atoms with E-state index in [1.807, 2.05) is 19.1 Å². The number of aromatic nitrogens is 1. The third-order valence-electron chi connectivity index (χ3n) is 6.47. The lowest BCUT2D eigenvalue weighted by molar-refractivity contribution is -0.143. The van der Waals surface area contributed by atoms with Gasteiger partial charge in [0.2, 0.25) is 5.91 Å². The number of rotatable bonds is 13. The van der Waals surface area contributed by atoms with Crippen molar-refractivity contribution >= 4 is 34.0 Å². The lowest BCUT2D eigenvalue weighted by Crippen LogP contribution is -2.14. The quantitative estimate of drug-likeness (QED) is 0.150. The minimum atomic E-state index is -0.233. The zero-order valence-corrected chi connectivity index (χ0v) is 22.8. The minimum absolute atomic E-state index is 0.222. The molecule has 1 unspecified atom stereocenters. The van der Waals surface area contributed by atoms with Gasteiger partial charge in [0, 0.05) is 35.6 Å². The van der Waals surface area contributed by atoms with Crippen LogP contribution < -0.4 is 10.1 Å². The Balaban J connectivity index is 1.67. The number of benzene rings is 2. The van der Waals surface area contributed by atoms with Crippen LogP contribution in [-0.2, 0) is 14.3 Å². The van der Waals surface area contributed by atoms with Gasteiger partial charge in [-0.1, -0.05) is 45.4 Å². The summed E-state index contributed by atoms with van der Waals surface area (Å²) in [7, 11) is 0. The molecule has 0 spiro atoms. The Kier molecular flexibility index (Phi) is 10.4. The van der Waals surface area contributed by atoms with Crippen LogP contribution in [-0.4, -0.2) is 29.7 Å². The van der Waals surface area contributed by atoms with Gasteiger partial charge in [-0.15, -0.1) is 0 Å². The molecule has 1 amide bonds. The first-order chi connectivity index (χ1) is 17.8. The number of anilines is 1. The van der Waals surface area contributed by atoms with Crippen molar-refractivity contribution in [2.75, 3.05) is 18.5 Å². The van der Waals surface area contributed by atoms with E-state index in [-0.39, 0.29) is 11.9 Å². The second-order valence-corrected chi connectivity index (χ2v) is 9.67. The van der Waals surface area contributed by atoms with E-state index in [9.17, 15) is 9.59 Å². The smallest absolute Gasteiger partial charge is 0.305 e. The highest BCUT2D eigenvalue weighted by Crippen LogP contribution is 2.30. The Bertz CT molecular complexity index is 1220. The molecule has 6 nitrogen and oxygen atoms in total. The van der Waals surface area contributed by atoms with E-state index in [1.54, 1.807) is 25.1 Å². The molecule has 0 aliphatic rings. The van der Waals surface area contributed by atoms with E-state index >= 15 is 0 Å². The second-order valence-electron chi connectivity index (χ2n) is 9.67. The highest BCUT2D eigenvalue weighted by atomic mass is 16.5. The number of esters is 1. The molecule has 0 saturated heterocycles. The van der Waals surface area contributed by atoms with Crippen molar-refractivity contribution in [3.63, 3.8) is 0 Å². The Morgan fingerprint density at radius 1 is 1.08 bits per heavy atom.